The SMILES string of the molecule is O=C(O)c1ccsc1NC(=O)N1CCCN2CCCC2C1. The molecule has 3 heterocycles. The third kappa shape index (κ3) is 3.03. The van der Waals surface area contributed by atoms with Crippen LogP contribution in [0.25, 0.3) is 0 Å². The van der Waals surface area contributed by atoms with E-state index in [1.54, 1.807) is 5.38 Å². The maximum absolute atomic E-state index is 12.4. The van der Waals surface area contributed by atoms with Crippen LogP contribution in [0.15, 0.2) is 11.4 Å². The molecule has 0 saturated carbocycles. The molecule has 7 heteroatoms. The van der Waals surface area contributed by atoms with Crippen LogP contribution >= 0.6 is 11.3 Å². The fourth-order valence-corrected chi connectivity index (χ4v) is 3.91. The molecule has 2 saturated heterocycles. The van der Waals surface area contributed by atoms with Gasteiger partial charge in [-0.1, -0.05) is 0 Å². The van der Waals surface area contributed by atoms with Crippen molar-refractivity contribution in [2.75, 3.05) is 31.5 Å². The lowest BCUT2D eigenvalue weighted by atomic mass is 10.2. The first-order valence-electron chi connectivity index (χ1n) is 7.26. The largest absolute Gasteiger partial charge is 0.478 e. The van der Waals surface area contributed by atoms with Gasteiger partial charge in [-0.2, -0.15) is 0 Å². The van der Waals surface area contributed by atoms with E-state index in [2.05, 4.69) is 10.2 Å². The number of rotatable bonds is 2. The molecule has 2 aliphatic heterocycles. The van der Waals surface area contributed by atoms with Gasteiger partial charge in [0.15, 0.2) is 0 Å². The van der Waals surface area contributed by atoms with Crippen molar-refractivity contribution in [1.29, 1.82) is 0 Å². The van der Waals surface area contributed by atoms with Crippen molar-refractivity contribution in [3.05, 3.63) is 17.0 Å². The van der Waals surface area contributed by atoms with Crippen molar-refractivity contribution in [2.24, 2.45) is 0 Å². The summed E-state index contributed by atoms with van der Waals surface area (Å²) in [6, 6.07) is 1.79. The molecule has 0 aromatic carbocycles. The Morgan fingerprint density at radius 3 is 2.90 bits per heavy atom. The van der Waals surface area contributed by atoms with Crippen LogP contribution in [0.5, 0.6) is 0 Å². The van der Waals surface area contributed by atoms with Crippen LogP contribution in [0, 0.1) is 0 Å². The van der Waals surface area contributed by atoms with Gasteiger partial charge in [0.05, 0.1) is 5.56 Å². The number of thiophene rings is 1. The topological polar surface area (TPSA) is 72.9 Å². The normalized spacial score (nSPS) is 22.7. The van der Waals surface area contributed by atoms with Crippen LogP contribution < -0.4 is 5.32 Å². The van der Waals surface area contributed by atoms with Gasteiger partial charge in [-0.25, -0.2) is 9.59 Å². The number of carboxylic acid groups (broad SMARTS) is 1. The highest BCUT2D eigenvalue weighted by atomic mass is 32.1. The number of aromatic carboxylic acids is 1. The van der Waals surface area contributed by atoms with E-state index in [-0.39, 0.29) is 11.6 Å². The molecule has 2 amide bonds. The van der Waals surface area contributed by atoms with Crippen molar-refractivity contribution in [3.63, 3.8) is 0 Å². The number of anilines is 1. The highest BCUT2D eigenvalue weighted by Crippen LogP contribution is 2.25. The fourth-order valence-electron chi connectivity index (χ4n) is 3.14. The molecule has 0 aliphatic carbocycles. The lowest BCUT2D eigenvalue weighted by Gasteiger charge is -2.25. The molecule has 1 aromatic heterocycles. The lowest BCUT2D eigenvalue weighted by Crippen LogP contribution is -2.41. The molecule has 0 bridgehead atoms. The first-order valence-corrected chi connectivity index (χ1v) is 8.14. The first kappa shape index (κ1) is 14.3. The summed E-state index contributed by atoms with van der Waals surface area (Å²) in [5.74, 6) is -1.01. The smallest absolute Gasteiger partial charge is 0.338 e. The fraction of sp³-hybridized carbons (Fsp3) is 0.571. The zero-order valence-corrected chi connectivity index (χ0v) is 12.6. The number of urea groups is 1. The maximum atomic E-state index is 12.4. The number of carbonyl (C=O) groups is 2. The van der Waals surface area contributed by atoms with Crippen molar-refractivity contribution in [3.8, 4) is 0 Å². The Balaban J connectivity index is 1.67. The van der Waals surface area contributed by atoms with Crippen molar-refractivity contribution in [1.82, 2.24) is 9.80 Å². The molecule has 0 spiro atoms. The highest BCUT2D eigenvalue weighted by Gasteiger charge is 2.30. The Morgan fingerprint density at radius 2 is 2.10 bits per heavy atom. The molecular weight excluding hydrogens is 290 g/mol. The Kier molecular flexibility index (Phi) is 4.12. The predicted octanol–water partition coefficient (Wildman–Crippen LogP) is 2.15. The molecule has 1 aromatic rings. The number of nitrogens with one attached hydrogen (secondary N) is 1. The van der Waals surface area contributed by atoms with Crippen LogP contribution in [0.4, 0.5) is 9.80 Å². The summed E-state index contributed by atoms with van der Waals surface area (Å²) >= 11 is 1.24. The Labute approximate surface area is 127 Å². The summed E-state index contributed by atoms with van der Waals surface area (Å²) in [6.45, 7) is 3.65. The average Bonchev–Trinajstić information content (AvgIpc) is 3.03. The monoisotopic (exact) mass is 309 g/mol. The standard InChI is InChI=1S/C14H19N3O3S/c18-13(19)11-4-8-21-12(11)15-14(20)17-7-2-6-16-5-1-3-10(16)9-17/h4,8,10H,1-3,5-7,9H2,(H,15,20)(H,18,19). The van der Waals surface area contributed by atoms with Gasteiger partial charge < -0.3 is 10.0 Å². The Hall–Kier alpha value is -1.60. The second-order valence-corrected chi connectivity index (χ2v) is 6.45. The summed E-state index contributed by atoms with van der Waals surface area (Å²) in [4.78, 5) is 27.8. The molecule has 114 valence electrons. The first-order chi connectivity index (χ1) is 10.1. The average molecular weight is 309 g/mol. The van der Waals surface area contributed by atoms with E-state index in [0.717, 1.165) is 39.0 Å². The third-order valence-corrected chi connectivity index (χ3v) is 5.04. The number of hydrogen-bond acceptors (Lipinski definition) is 4. The van der Waals surface area contributed by atoms with Gasteiger partial charge in [-0.05, 0) is 37.3 Å². The van der Waals surface area contributed by atoms with Crippen LogP contribution in [0.3, 0.4) is 0 Å². The van der Waals surface area contributed by atoms with Crippen molar-refractivity contribution in [2.45, 2.75) is 25.3 Å². The molecule has 1 atom stereocenters. The Bertz CT molecular complexity index is 545. The van der Waals surface area contributed by atoms with Gasteiger partial charge in [0, 0.05) is 25.7 Å². The van der Waals surface area contributed by atoms with E-state index in [1.807, 2.05) is 4.90 Å². The molecule has 1 unspecified atom stereocenters. The van der Waals surface area contributed by atoms with Gasteiger partial charge in [0.1, 0.15) is 5.00 Å². The number of hydrogen-bond donors (Lipinski definition) is 2. The maximum Gasteiger partial charge on any atom is 0.338 e. The van der Waals surface area contributed by atoms with Crippen LogP contribution in [0.2, 0.25) is 0 Å². The van der Waals surface area contributed by atoms with Crippen LogP contribution in [-0.4, -0.2) is 59.1 Å². The Morgan fingerprint density at radius 1 is 1.29 bits per heavy atom. The van der Waals surface area contributed by atoms with E-state index in [9.17, 15) is 9.59 Å². The van der Waals surface area contributed by atoms with Gasteiger partial charge in [-0.3, -0.25) is 10.2 Å². The van der Waals surface area contributed by atoms with Crippen LogP contribution in [-0.2, 0) is 0 Å². The molecule has 2 fully saturated rings. The molecule has 2 aliphatic rings. The lowest BCUT2D eigenvalue weighted by molar-refractivity contribution is 0.0698. The molecule has 6 nitrogen and oxygen atoms in total. The summed E-state index contributed by atoms with van der Waals surface area (Å²) in [6.07, 6.45) is 3.32. The predicted molar refractivity (Wildman–Crippen MR) is 81.1 cm³/mol. The van der Waals surface area contributed by atoms with E-state index in [4.69, 9.17) is 5.11 Å². The molecule has 3 rings (SSSR count). The number of nitrogens with zero attached hydrogens (tertiary/aromatic N) is 2. The quantitative estimate of drug-likeness (QED) is 0.878. The molecule has 0 radical (unpaired) electrons. The number of fused-ring (bicyclic) bond motifs is 1. The number of carboxylic acids is 1. The molecule has 2 N–H and O–H groups in total. The van der Waals surface area contributed by atoms with Crippen molar-refractivity contribution >= 4 is 28.3 Å². The molecule has 21 heavy (non-hydrogen) atoms. The zero-order chi connectivity index (χ0) is 14.8. The summed E-state index contributed by atoms with van der Waals surface area (Å²) in [7, 11) is 0. The minimum absolute atomic E-state index is 0.158. The summed E-state index contributed by atoms with van der Waals surface area (Å²) in [5, 5.41) is 13.9. The van der Waals surface area contributed by atoms with Crippen LogP contribution in [0.1, 0.15) is 29.6 Å². The highest BCUT2D eigenvalue weighted by molar-refractivity contribution is 7.14. The van der Waals surface area contributed by atoms with Gasteiger partial charge in [0.2, 0.25) is 0 Å². The summed E-state index contributed by atoms with van der Waals surface area (Å²) < 4.78 is 0. The molecular formula is C14H19N3O3S. The van der Waals surface area contributed by atoms with Gasteiger partial charge in [-0.15, -0.1) is 11.3 Å². The minimum Gasteiger partial charge on any atom is -0.478 e. The van der Waals surface area contributed by atoms with Crippen molar-refractivity contribution < 1.29 is 14.7 Å². The summed E-state index contributed by atoms with van der Waals surface area (Å²) in [5.41, 5.74) is 0.158. The number of carbonyl (C=O) groups excluding carboxylic acids is 1. The number of amides is 2. The van der Waals surface area contributed by atoms with E-state index < -0.39 is 5.97 Å². The zero-order valence-electron chi connectivity index (χ0n) is 11.7. The minimum atomic E-state index is -1.01. The van der Waals surface area contributed by atoms with E-state index in [1.165, 1.54) is 23.8 Å². The van der Waals surface area contributed by atoms with Gasteiger partial charge >= 0.3 is 12.0 Å². The van der Waals surface area contributed by atoms with E-state index >= 15 is 0 Å². The van der Waals surface area contributed by atoms with Gasteiger partial charge in [0.25, 0.3) is 0 Å². The second-order valence-electron chi connectivity index (χ2n) is 5.53. The second kappa shape index (κ2) is 6.03. The van der Waals surface area contributed by atoms with E-state index in [0.29, 0.717) is 11.0 Å². The third-order valence-electron chi connectivity index (χ3n) is 4.21.